The van der Waals surface area contributed by atoms with Crippen LogP contribution >= 0.6 is 19.8 Å². The Labute approximate surface area is 94.9 Å². The van der Waals surface area contributed by atoms with Gasteiger partial charge >= 0.3 is 59.4 Å². The van der Waals surface area contributed by atoms with Gasteiger partial charge in [-0.25, -0.2) is 0 Å². The summed E-state index contributed by atoms with van der Waals surface area (Å²) in [6, 6.07) is 0. The van der Waals surface area contributed by atoms with E-state index in [1.54, 1.807) is 0 Å². The van der Waals surface area contributed by atoms with E-state index >= 15 is 0 Å². The second-order valence-corrected chi connectivity index (χ2v) is 0. The van der Waals surface area contributed by atoms with Crippen molar-refractivity contribution in [1.82, 2.24) is 0 Å². The molecule has 0 aliphatic rings. The molecule has 0 radical (unpaired) electrons. The first-order valence-corrected chi connectivity index (χ1v) is 0. The van der Waals surface area contributed by atoms with E-state index in [0.29, 0.717) is 0 Å². The van der Waals surface area contributed by atoms with Crippen molar-refractivity contribution in [2.24, 2.45) is 0 Å². The van der Waals surface area contributed by atoms with Gasteiger partial charge in [-0.1, -0.05) is 0 Å². The molecule has 0 saturated carbocycles. The van der Waals surface area contributed by atoms with Gasteiger partial charge in [0, 0.05) is 0 Å². The fraction of sp³-hybridized carbons (Fsp3) is 0. The van der Waals surface area contributed by atoms with Crippen LogP contribution in [0.1, 0.15) is 0 Å². The third kappa shape index (κ3) is 72.1. The molecule has 0 amide bonds. The first kappa shape index (κ1) is 141. The molecule has 8 heavy (non-hydrogen) atoms. The largest absolute Gasteiger partial charge is 4.00 e. The second kappa shape index (κ2) is 103. The van der Waals surface area contributed by atoms with Crippen LogP contribution in [0, 0.1) is 0 Å². The van der Waals surface area contributed by atoms with E-state index in [1.165, 1.54) is 0 Å². The Bertz CT molecular complexity index is 15.2. The Hall–Kier alpha value is 2.65. The van der Waals surface area contributed by atoms with Crippen molar-refractivity contribution < 1.29 is 75.9 Å². The van der Waals surface area contributed by atoms with E-state index in [-0.39, 0.29) is 95.7 Å². The number of rotatable bonds is 0. The molecule has 0 aromatic carbocycles. The van der Waals surface area contributed by atoms with Crippen LogP contribution in [0.3, 0.4) is 0 Å². The summed E-state index contributed by atoms with van der Waals surface area (Å²) in [5.41, 5.74) is 0. The van der Waals surface area contributed by atoms with Gasteiger partial charge in [-0.05, 0) is 0 Å². The molecule has 3 nitrogen and oxygen atoms in total. The van der Waals surface area contributed by atoms with Gasteiger partial charge in [0.25, 0.3) is 0 Å². The van der Waals surface area contributed by atoms with E-state index in [9.17, 15) is 0 Å². The van der Waals surface area contributed by atoms with Crippen LogP contribution in [0.25, 0.3) is 0 Å². The molecule has 2 unspecified atom stereocenters. The normalized spacial score (nSPS) is 0. The molecule has 0 aliphatic carbocycles. The van der Waals surface area contributed by atoms with Gasteiger partial charge in [-0.2, -0.15) is 19.8 Å². The van der Waals surface area contributed by atoms with Crippen LogP contribution in [-0.2, 0) is 38.1 Å². The molecule has 8 heteroatoms. The average Bonchev–Trinajstić information content (AvgIpc) is 0. The van der Waals surface area contributed by atoms with Gasteiger partial charge in [-0.15, -0.1) is 0 Å². The molecular weight excluding hydrogens is 172 g/mol. The third-order valence-electron chi connectivity index (χ3n) is 0. The molecule has 2 atom stereocenters. The van der Waals surface area contributed by atoms with Gasteiger partial charge in [0.15, 0.2) is 0 Å². The van der Waals surface area contributed by atoms with Crippen molar-refractivity contribution in [3.63, 3.8) is 0 Å². The van der Waals surface area contributed by atoms with E-state index in [2.05, 4.69) is 0 Å². The van der Waals surface area contributed by atoms with Crippen molar-refractivity contribution in [3.05, 3.63) is 0 Å². The minimum absolute atomic E-state index is 0. The summed E-state index contributed by atoms with van der Waals surface area (Å²) in [7, 11) is 0. The van der Waals surface area contributed by atoms with Gasteiger partial charge in [-0.3, -0.25) is 0 Å². The summed E-state index contributed by atoms with van der Waals surface area (Å²) in [6.07, 6.45) is 0. The van der Waals surface area contributed by atoms with Gasteiger partial charge in [0.05, 0.1) is 0 Å². The smallest absolute Gasteiger partial charge is 2.00 e. The summed E-state index contributed by atoms with van der Waals surface area (Å²) in [6.45, 7) is 0. The molecule has 0 saturated heterocycles. The zero-order valence-electron chi connectivity index (χ0n) is 5.14. The zero-order valence-corrected chi connectivity index (χ0v) is 9.53. The SMILES string of the molecule is P.P.[Li+].[Li+].[O-2].[O-2].[O-2].[Ti+4]. The summed E-state index contributed by atoms with van der Waals surface area (Å²) < 4.78 is 0. The molecular formula is H6Li2O3P2Ti. The van der Waals surface area contributed by atoms with E-state index in [4.69, 9.17) is 0 Å². The molecule has 0 bridgehead atoms. The second-order valence-electron chi connectivity index (χ2n) is 0. The Morgan fingerprint density at radius 1 is 0.500 bits per heavy atom. The van der Waals surface area contributed by atoms with Crippen molar-refractivity contribution in [1.29, 1.82) is 0 Å². The number of hydrogen-bond acceptors (Lipinski definition) is 0. The van der Waals surface area contributed by atoms with Crippen LogP contribution in [0.2, 0.25) is 0 Å². The maximum atomic E-state index is 0. The standard InChI is InChI=1S/2Li.3O.2H3P.Ti/h;;;;;2*1H3;/q2*+1;3*-2;;;+4. The van der Waals surface area contributed by atoms with Gasteiger partial charge in [0.2, 0.25) is 0 Å². The molecule has 0 aromatic rings. The Balaban J connectivity index is 0. The minimum atomic E-state index is 0. The first-order valence-electron chi connectivity index (χ1n) is 0. The van der Waals surface area contributed by atoms with Crippen LogP contribution < -0.4 is 37.7 Å². The maximum absolute atomic E-state index is 0. The maximum Gasteiger partial charge on any atom is 4.00 e. The predicted molar refractivity (Wildman–Crippen MR) is 24.3 cm³/mol. The van der Waals surface area contributed by atoms with Crippen molar-refractivity contribution in [2.45, 2.75) is 0 Å². The number of hydrogen-bond donors (Lipinski definition) is 0. The summed E-state index contributed by atoms with van der Waals surface area (Å²) in [5, 5.41) is 0. The Kier molecular flexibility index (Phi) is 1820. The molecule has 0 N–H and O–H groups in total. The van der Waals surface area contributed by atoms with Crippen molar-refractivity contribution in [2.75, 3.05) is 0 Å². The molecule has 0 aliphatic heterocycles. The van der Waals surface area contributed by atoms with Crippen LogP contribution in [0.15, 0.2) is 0 Å². The Morgan fingerprint density at radius 2 is 0.500 bits per heavy atom. The first-order chi connectivity index (χ1) is 0. The van der Waals surface area contributed by atoms with Gasteiger partial charge < -0.3 is 16.4 Å². The summed E-state index contributed by atoms with van der Waals surface area (Å²) in [5.74, 6) is 0. The topological polar surface area (TPSA) is 85.5 Å². The minimum Gasteiger partial charge on any atom is -2.00 e. The van der Waals surface area contributed by atoms with E-state index in [0.717, 1.165) is 0 Å². The molecule has 0 spiro atoms. The summed E-state index contributed by atoms with van der Waals surface area (Å²) in [4.78, 5) is 0. The zero-order chi connectivity index (χ0) is 0. The average molecular weight is 178 g/mol. The van der Waals surface area contributed by atoms with Crippen molar-refractivity contribution >= 4 is 19.8 Å². The van der Waals surface area contributed by atoms with E-state index < -0.39 is 0 Å². The van der Waals surface area contributed by atoms with Gasteiger partial charge in [0.1, 0.15) is 0 Å². The molecule has 0 rings (SSSR count). The predicted octanol–water partition coefficient (Wildman–Crippen LogP) is -6.23. The fourth-order valence-corrected chi connectivity index (χ4v) is 0. The van der Waals surface area contributed by atoms with Crippen LogP contribution in [0.5, 0.6) is 0 Å². The summed E-state index contributed by atoms with van der Waals surface area (Å²) >= 11 is 0. The monoisotopic (exact) mass is 178 g/mol. The third-order valence-corrected chi connectivity index (χ3v) is 0. The molecule has 40 valence electrons. The van der Waals surface area contributed by atoms with E-state index in [1.807, 2.05) is 0 Å². The quantitative estimate of drug-likeness (QED) is 0.261. The molecule has 0 fully saturated rings. The van der Waals surface area contributed by atoms with Crippen LogP contribution in [-0.4, -0.2) is 0 Å². The van der Waals surface area contributed by atoms with Crippen molar-refractivity contribution in [3.8, 4) is 0 Å². The molecule has 0 heterocycles. The fourth-order valence-electron chi connectivity index (χ4n) is 0. The Morgan fingerprint density at radius 3 is 0.500 bits per heavy atom. The van der Waals surface area contributed by atoms with Crippen LogP contribution in [0.4, 0.5) is 0 Å². The molecule has 0 aromatic heterocycles.